The van der Waals surface area contributed by atoms with Crippen molar-refractivity contribution < 1.29 is 22.3 Å². The molecule has 1 aliphatic heterocycles. The van der Waals surface area contributed by atoms with Gasteiger partial charge in [-0.2, -0.15) is 0 Å². The minimum absolute atomic E-state index is 0. The third kappa shape index (κ3) is 14.7. The van der Waals surface area contributed by atoms with Crippen LogP contribution in [0.4, 0.5) is 0 Å². The fraction of sp³-hybridized carbons (Fsp3) is 1.00. The SMILES string of the molecule is C.CC[S+]1CCOCC1.O=S(=O)([O-])O. The fourth-order valence-corrected chi connectivity index (χ4v) is 2.33. The maximum absolute atomic E-state index is 8.63. The third-order valence-electron chi connectivity index (χ3n) is 1.44. The molecule has 0 spiro atoms. The van der Waals surface area contributed by atoms with Crippen molar-refractivity contribution in [2.24, 2.45) is 0 Å². The van der Waals surface area contributed by atoms with Crippen LogP contribution in [0.15, 0.2) is 0 Å². The van der Waals surface area contributed by atoms with Gasteiger partial charge in [-0.05, 0) is 17.8 Å². The molecular weight excluding hydrogens is 228 g/mol. The van der Waals surface area contributed by atoms with Crippen LogP contribution in [0.5, 0.6) is 0 Å². The Morgan fingerprint density at radius 2 is 1.79 bits per heavy atom. The van der Waals surface area contributed by atoms with E-state index in [-0.39, 0.29) is 7.43 Å². The van der Waals surface area contributed by atoms with Crippen molar-refractivity contribution in [3.63, 3.8) is 0 Å². The van der Waals surface area contributed by atoms with E-state index in [1.807, 2.05) is 0 Å². The molecule has 1 fully saturated rings. The smallest absolute Gasteiger partial charge is 0.215 e. The summed E-state index contributed by atoms with van der Waals surface area (Å²) in [5.41, 5.74) is 0. The zero-order valence-electron chi connectivity index (χ0n) is 7.43. The molecule has 88 valence electrons. The van der Waals surface area contributed by atoms with Gasteiger partial charge in [0, 0.05) is 0 Å². The Morgan fingerprint density at radius 3 is 2.00 bits per heavy atom. The molecule has 0 unspecified atom stereocenters. The maximum atomic E-state index is 8.63. The summed E-state index contributed by atoms with van der Waals surface area (Å²) in [4.78, 5) is 0. The minimum Gasteiger partial charge on any atom is -0.726 e. The van der Waals surface area contributed by atoms with Crippen molar-refractivity contribution in [2.45, 2.75) is 14.4 Å². The topological polar surface area (TPSA) is 86.7 Å². The molecule has 5 nitrogen and oxygen atoms in total. The van der Waals surface area contributed by atoms with Crippen LogP contribution in [-0.4, -0.2) is 48.0 Å². The van der Waals surface area contributed by atoms with Crippen molar-refractivity contribution in [3.05, 3.63) is 0 Å². The number of hydrogen-bond acceptors (Lipinski definition) is 4. The molecule has 0 amide bonds. The number of ether oxygens (including phenoxy) is 1. The summed E-state index contributed by atoms with van der Waals surface area (Å²) in [6.45, 7) is 4.29. The lowest BCUT2D eigenvalue weighted by atomic mass is 10.8. The van der Waals surface area contributed by atoms with Gasteiger partial charge >= 0.3 is 0 Å². The minimum atomic E-state index is -4.92. The summed E-state index contributed by atoms with van der Waals surface area (Å²) < 4.78 is 38.0. The maximum Gasteiger partial charge on any atom is 0.215 e. The first kappa shape index (κ1) is 16.6. The fourth-order valence-electron chi connectivity index (χ4n) is 0.846. The van der Waals surface area contributed by atoms with Gasteiger partial charge in [0.2, 0.25) is 10.4 Å². The van der Waals surface area contributed by atoms with Gasteiger partial charge in [-0.1, -0.05) is 7.43 Å². The molecule has 1 heterocycles. The highest BCUT2D eigenvalue weighted by molar-refractivity contribution is 7.96. The second-order valence-corrected chi connectivity index (χ2v) is 5.82. The van der Waals surface area contributed by atoms with E-state index in [0.717, 1.165) is 24.1 Å². The lowest BCUT2D eigenvalue weighted by Gasteiger charge is -2.11. The molecule has 1 N–H and O–H groups in total. The zero-order chi connectivity index (χ0) is 10.3. The predicted molar refractivity (Wildman–Crippen MR) is 57.5 cm³/mol. The van der Waals surface area contributed by atoms with E-state index in [9.17, 15) is 0 Å². The van der Waals surface area contributed by atoms with Gasteiger partial charge in [0.15, 0.2) is 0 Å². The largest absolute Gasteiger partial charge is 0.726 e. The molecule has 1 saturated heterocycles. The summed E-state index contributed by atoms with van der Waals surface area (Å²) in [7, 11) is -4.19. The van der Waals surface area contributed by atoms with Gasteiger partial charge < -0.3 is 9.29 Å². The molecule has 0 aromatic heterocycles. The Morgan fingerprint density at radius 1 is 1.43 bits per heavy atom. The van der Waals surface area contributed by atoms with Crippen LogP contribution in [0.1, 0.15) is 14.4 Å². The number of hydrogen-bond donors (Lipinski definition) is 1. The van der Waals surface area contributed by atoms with Crippen LogP contribution in [0.25, 0.3) is 0 Å². The van der Waals surface area contributed by atoms with E-state index in [1.54, 1.807) is 0 Å². The zero-order valence-corrected chi connectivity index (χ0v) is 9.07. The highest BCUT2D eigenvalue weighted by Crippen LogP contribution is 2.01. The van der Waals surface area contributed by atoms with E-state index in [2.05, 4.69) is 6.92 Å². The Hall–Kier alpha value is 0.180. The molecule has 7 heteroatoms. The van der Waals surface area contributed by atoms with E-state index in [0.29, 0.717) is 0 Å². The molecule has 0 aromatic rings. The summed E-state index contributed by atoms with van der Waals surface area (Å²) in [5.74, 6) is 4.00. The standard InChI is InChI=1S/C6H13OS.CH4.H2O4S/c1-2-8-5-3-7-4-6-8;;1-5(2,3)4/h2-6H2,1H3;1H4;(H2,1,2,3,4)/q+1;;/p-1. The van der Waals surface area contributed by atoms with Gasteiger partial charge in [-0.25, -0.2) is 8.42 Å². The molecule has 1 aliphatic rings. The highest BCUT2D eigenvalue weighted by Gasteiger charge is 2.18. The summed E-state index contributed by atoms with van der Waals surface area (Å²) in [5, 5.41) is 0. The molecule has 0 aliphatic carbocycles. The van der Waals surface area contributed by atoms with Crippen LogP contribution in [0, 0.1) is 0 Å². The van der Waals surface area contributed by atoms with Crippen LogP contribution < -0.4 is 0 Å². The van der Waals surface area contributed by atoms with Crippen LogP contribution >= 0.6 is 0 Å². The first-order chi connectivity index (χ1) is 5.93. The van der Waals surface area contributed by atoms with Crippen LogP contribution in [-0.2, 0) is 26.0 Å². The second-order valence-electron chi connectivity index (χ2n) is 2.35. The molecule has 1 rings (SSSR count). The van der Waals surface area contributed by atoms with Crippen LogP contribution in [0.3, 0.4) is 0 Å². The van der Waals surface area contributed by atoms with Gasteiger partial charge in [-0.15, -0.1) is 0 Å². The monoisotopic (exact) mass is 246 g/mol. The van der Waals surface area contributed by atoms with E-state index in [4.69, 9.17) is 22.3 Å². The van der Waals surface area contributed by atoms with Crippen LogP contribution in [0.2, 0.25) is 0 Å². The van der Waals surface area contributed by atoms with E-state index < -0.39 is 10.4 Å². The Bertz CT molecular complexity index is 200. The van der Waals surface area contributed by atoms with E-state index in [1.165, 1.54) is 17.3 Å². The lowest BCUT2D eigenvalue weighted by Crippen LogP contribution is -2.27. The lowest BCUT2D eigenvalue weighted by molar-refractivity contribution is 0.159. The second kappa shape index (κ2) is 8.49. The Kier molecular flexibility index (Phi) is 10.1. The molecule has 0 aromatic carbocycles. The average Bonchev–Trinajstić information content (AvgIpc) is 2.03. The predicted octanol–water partition coefficient (Wildman–Crippen LogP) is 0.296. The third-order valence-corrected chi connectivity index (χ3v) is 3.75. The number of rotatable bonds is 1. The van der Waals surface area contributed by atoms with Crippen molar-refractivity contribution in [3.8, 4) is 0 Å². The van der Waals surface area contributed by atoms with Gasteiger partial charge in [0.25, 0.3) is 0 Å². The summed E-state index contributed by atoms with van der Waals surface area (Å²) >= 11 is 0. The molecule has 0 radical (unpaired) electrons. The van der Waals surface area contributed by atoms with E-state index >= 15 is 0 Å². The molecule has 0 atom stereocenters. The highest BCUT2D eigenvalue weighted by atomic mass is 32.3. The van der Waals surface area contributed by atoms with Crippen molar-refractivity contribution in [1.82, 2.24) is 0 Å². The van der Waals surface area contributed by atoms with Crippen molar-refractivity contribution in [1.29, 1.82) is 0 Å². The quantitative estimate of drug-likeness (QED) is 0.408. The summed E-state index contributed by atoms with van der Waals surface area (Å²) in [6, 6.07) is 0. The Balaban J connectivity index is 0. The molecule has 0 bridgehead atoms. The van der Waals surface area contributed by atoms with Crippen molar-refractivity contribution >= 4 is 21.3 Å². The normalized spacial score (nSPS) is 17.6. The Labute approximate surface area is 88.8 Å². The van der Waals surface area contributed by atoms with Crippen molar-refractivity contribution in [2.75, 3.05) is 30.5 Å². The van der Waals surface area contributed by atoms with Gasteiger partial charge in [-0.3, -0.25) is 4.55 Å². The first-order valence-corrected chi connectivity index (χ1v) is 6.93. The van der Waals surface area contributed by atoms with Gasteiger partial charge in [0.05, 0.1) is 13.2 Å². The molecule has 14 heavy (non-hydrogen) atoms. The first-order valence-electron chi connectivity index (χ1n) is 3.83. The molecule has 0 saturated carbocycles. The average molecular weight is 246 g/mol. The molecular formula is C7H18O5S2. The van der Waals surface area contributed by atoms with Gasteiger partial charge in [0.1, 0.15) is 17.3 Å². The summed E-state index contributed by atoms with van der Waals surface area (Å²) in [6.07, 6.45) is 0.